The zero-order valence-corrected chi connectivity index (χ0v) is 9.91. The summed E-state index contributed by atoms with van der Waals surface area (Å²) in [5.74, 6) is -1.68. The van der Waals surface area contributed by atoms with E-state index >= 15 is 0 Å². The van der Waals surface area contributed by atoms with Gasteiger partial charge in [-0.15, -0.1) is 0 Å². The van der Waals surface area contributed by atoms with Crippen LogP contribution in [0.5, 0.6) is 5.75 Å². The Hall–Kier alpha value is -0.400. The third-order valence-corrected chi connectivity index (χ3v) is 1.61. The minimum Gasteiger partial charge on any atom is -0.872 e. The van der Waals surface area contributed by atoms with Crippen LogP contribution in [0.4, 0.5) is 26.3 Å². The average Bonchev–Trinajstić information content (AvgIpc) is 1.99. The van der Waals surface area contributed by atoms with E-state index in [1.807, 2.05) is 0 Å². The summed E-state index contributed by atoms with van der Waals surface area (Å²) in [7, 11) is 0. The Labute approximate surface area is 108 Å². The van der Waals surface area contributed by atoms with Crippen LogP contribution in [0, 0.1) is 0 Å². The van der Waals surface area contributed by atoms with Gasteiger partial charge in [0, 0.05) is 5.56 Å². The Morgan fingerprint density at radius 3 is 1.69 bits per heavy atom. The second kappa shape index (κ2) is 4.85. The van der Waals surface area contributed by atoms with Crippen molar-refractivity contribution < 1.29 is 61.0 Å². The van der Waals surface area contributed by atoms with Crippen molar-refractivity contribution >= 4 is 0 Å². The predicted octanol–water partition coefficient (Wildman–Crippen LogP) is -0.198. The molecule has 0 aromatic heterocycles. The minimum absolute atomic E-state index is 0. The van der Waals surface area contributed by atoms with Gasteiger partial charge in [0.2, 0.25) is 0 Å². The molecule has 0 atom stereocenters. The molecule has 0 heterocycles. The van der Waals surface area contributed by atoms with Crippen LogP contribution >= 0.6 is 0 Å². The van der Waals surface area contributed by atoms with Gasteiger partial charge in [0.05, 0.1) is 5.56 Å². The molecule has 0 aliphatic carbocycles. The summed E-state index contributed by atoms with van der Waals surface area (Å²) >= 11 is 0. The average molecular weight is 252 g/mol. The molecule has 0 bridgehead atoms. The SMILES string of the molecule is [Na+].[O-]c1cc(C(F)(F)F)ccc1C(F)(F)F. The first kappa shape index (κ1) is 15.6. The molecule has 0 radical (unpaired) electrons. The van der Waals surface area contributed by atoms with Crippen molar-refractivity contribution in [2.45, 2.75) is 12.4 Å². The second-order valence-electron chi connectivity index (χ2n) is 2.71. The van der Waals surface area contributed by atoms with Gasteiger partial charge in [-0.05, 0) is 6.07 Å². The fraction of sp³-hybridized carbons (Fsp3) is 0.250. The second-order valence-corrected chi connectivity index (χ2v) is 2.71. The standard InChI is InChI=1S/C8H4F6O.Na/c9-7(10,11)4-1-2-5(6(15)3-4)8(12,13)14;/h1-3,15H;/q;+1/p-1. The van der Waals surface area contributed by atoms with E-state index in [0.717, 1.165) is 0 Å². The molecule has 0 spiro atoms. The maximum absolute atomic E-state index is 12.0. The van der Waals surface area contributed by atoms with Crippen LogP contribution in [0.15, 0.2) is 18.2 Å². The van der Waals surface area contributed by atoms with E-state index in [-0.39, 0.29) is 47.8 Å². The van der Waals surface area contributed by atoms with Crippen LogP contribution in [0.1, 0.15) is 11.1 Å². The zero-order valence-electron chi connectivity index (χ0n) is 7.91. The molecule has 1 nitrogen and oxygen atoms in total. The Bertz CT molecular complexity index is 370. The molecule has 0 amide bonds. The molecule has 0 N–H and O–H groups in total. The smallest absolute Gasteiger partial charge is 0.872 e. The number of benzene rings is 1. The summed E-state index contributed by atoms with van der Waals surface area (Å²) in [6, 6.07) is 0.290. The fourth-order valence-electron chi connectivity index (χ4n) is 0.933. The molecule has 0 saturated heterocycles. The molecule has 1 aromatic rings. The molecule has 8 heteroatoms. The van der Waals surface area contributed by atoms with Crippen molar-refractivity contribution in [3.63, 3.8) is 0 Å². The molecule has 0 fully saturated rings. The predicted molar refractivity (Wildman–Crippen MR) is 35.9 cm³/mol. The Kier molecular flexibility index (Phi) is 4.73. The third-order valence-electron chi connectivity index (χ3n) is 1.61. The van der Waals surface area contributed by atoms with Crippen LogP contribution in [0.2, 0.25) is 0 Å². The first-order chi connectivity index (χ1) is 6.62. The number of halogens is 6. The molecular formula is C8H3F6NaO. The van der Waals surface area contributed by atoms with Gasteiger partial charge >= 0.3 is 41.9 Å². The number of alkyl halides is 6. The van der Waals surface area contributed by atoms with Crippen molar-refractivity contribution in [1.29, 1.82) is 0 Å². The van der Waals surface area contributed by atoms with Gasteiger partial charge in [-0.3, -0.25) is 0 Å². The van der Waals surface area contributed by atoms with Gasteiger partial charge in [0.1, 0.15) is 0 Å². The van der Waals surface area contributed by atoms with E-state index in [1.54, 1.807) is 0 Å². The largest absolute Gasteiger partial charge is 1.00 e. The van der Waals surface area contributed by atoms with Gasteiger partial charge in [0.15, 0.2) is 0 Å². The van der Waals surface area contributed by atoms with E-state index in [4.69, 9.17) is 0 Å². The van der Waals surface area contributed by atoms with E-state index in [1.165, 1.54) is 0 Å². The topological polar surface area (TPSA) is 23.1 Å². The molecule has 0 aliphatic heterocycles. The van der Waals surface area contributed by atoms with Crippen molar-refractivity contribution in [1.82, 2.24) is 0 Å². The Morgan fingerprint density at radius 1 is 0.875 bits per heavy atom. The molecule has 84 valence electrons. The van der Waals surface area contributed by atoms with Gasteiger partial charge < -0.3 is 5.11 Å². The Morgan fingerprint density at radius 2 is 1.38 bits per heavy atom. The molecule has 1 aromatic carbocycles. The summed E-state index contributed by atoms with van der Waals surface area (Å²) < 4.78 is 71.9. The number of rotatable bonds is 0. The molecular weight excluding hydrogens is 249 g/mol. The summed E-state index contributed by atoms with van der Waals surface area (Å²) in [6.45, 7) is 0. The van der Waals surface area contributed by atoms with Crippen molar-refractivity contribution in [2.24, 2.45) is 0 Å². The normalized spacial score (nSPS) is 12.1. The van der Waals surface area contributed by atoms with Crippen LogP contribution in [0.25, 0.3) is 0 Å². The van der Waals surface area contributed by atoms with E-state index in [9.17, 15) is 31.4 Å². The van der Waals surface area contributed by atoms with Crippen LogP contribution in [-0.2, 0) is 12.4 Å². The molecule has 0 unspecified atom stereocenters. The minimum atomic E-state index is -4.93. The Balaban J connectivity index is 0.00000225. The van der Waals surface area contributed by atoms with Crippen molar-refractivity contribution in [3.8, 4) is 5.75 Å². The van der Waals surface area contributed by atoms with E-state index < -0.39 is 29.2 Å². The molecule has 16 heavy (non-hydrogen) atoms. The van der Waals surface area contributed by atoms with E-state index in [0.29, 0.717) is 0 Å². The van der Waals surface area contributed by atoms with Crippen LogP contribution < -0.4 is 34.7 Å². The third kappa shape index (κ3) is 3.57. The first-order valence-electron chi connectivity index (χ1n) is 3.58. The molecule has 0 aliphatic rings. The zero-order chi connectivity index (χ0) is 11.9. The van der Waals surface area contributed by atoms with Gasteiger partial charge in [-0.2, -0.15) is 26.3 Å². The maximum atomic E-state index is 12.0. The summed E-state index contributed by atoms with van der Waals surface area (Å²) in [5, 5.41) is 10.7. The first-order valence-corrected chi connectivity index (χ1v) is 3.58. The van der Waals surface area contributed by atoms with Gasteiger partial charge in [-0.25, -0.2) is 0 Å². The van der Waals surface area contributed by atoms with Crippen molar-refractivity contribution in [3.05, 3.63) is 29.3 Å². The summed E-state index contributed by atoms with van der Waals surface area (Å²) in [5.41, 5.74) is -2.99. The monoisotopic (exact) mass is 252 g/mol. The van der Waals surface area contributed by atoms with Crippen LogP contribution in [-0.4, -0.2) is 0 Å². The molecule has 0 saturated carbocycles. The van der Waals surface area contributed by atoms with Gasteiger partial charge in [-0.1, -0.05) is 17.9 Å². The molecule has 1 rings (SSSR count). The van der Waals surface area contributed by atoms with Gasteiger partial charge in [0.25, 0.3) is 0 Å². The summed E-state index contributed by atoms with van der Waals surface area (Å²) in [4.78, 5) is 0. The van der Waals surface area contributed by atoms with E-state index in [2.05, 4.69) is 0 Å². The number of hydrogen-bond acceptors (Lipinski definition) is 1. The van der Waals surface area contributed by atoms with Crippen LogP contribution in [0.3, 0.4) is 0 Å². The number of hydrogen-bond donors (Lipinski definition) is 0. The fourth-order valence-corrected chi connectivity index (χ4v) is 0.933. The summed E-state index contributed by atoms with van der Waals surface area (Å²) in [6.07, 6.45) is -9.75. The van der Waals surface area contributed by atoms with Crippen molar-refractivity contribution in [2.75, 3.05) is 0 Å². The quantitative estimate of drug-likeness (QED) is 0.463. The maximum Gasteiger partial charge on any atom is 1.00 e.